The first-order valence-corrected chi connectivity index (χ1v) is 7.55. The maximum absolute atomic E-state index is 4.50. The lowest BCUT2D eigenvalue weighted by Crippen LogP contribution is -2.41. The van der Waals surface area contributed by atoms with Gasteiger partial charge in [0.15, 0.2) is 0 Å². The third kappa shape index (κ3) is 2.94. The summed E-state index contributed by atoms with van der Waals surface area (Å²) in [5.41, 5.74) is 2.74. The van der Waals surface area contributed by atoms with Crippen LogP contribution in [0.3, 0.4) is 0 Å². The van der Waals surface area contributed by atoms with E-state index < -0.39 is 0 Å². The quantitative estimate of drug-likeness (QED) is 0.815. The molecule has 100 valence electrons. The fourth-order valence-electron chi connectivity index (χ4n) is 2.72. The Hall–Kier alpha value is -0.830. The zero-order valence-corrected chi connectivity index (χ0v) is 12.4. The number of anilines is 2. The van der Waals surface area contributed by atoms with Crippen LogP contribution in [-0.2, 0) is 0 Å². The molecule has 1 unspecified atom stereocenters. The van der Waals surface area contributed by atoms with E-state index in [1.54, 1.807) is 0 Å². The molecule has 0 aromatic heterocycles. The Balaban J connectivity index is 2.13. The van der Waals surface area contributed by atoms with Crippen molar-refractivity contribution in [3.8, 4) is 0 Å². The van der Waals surface area contributed by atoms with E-state index in [-0.39, 0.29) is 0 Å². The van der Waals surface area contributed by atoms with Gasteiger partial charge in [0.2, 0.25) is 0 Å². The van der Waals surface area contributed by atoms with Crippen molar-refractivity contribution in [1.82, 2.24) is 0 Å². The van der Waals surface area contributed by atoms with Crippen molar-refractivity contribution in [2.24, 2.45) is 5.92 Å². The molecule has 0 spiro atoms. The second-order valence-electron chi connectivity index (χ2n) is 5.19. The van der Waals surface area contributed by atoms with Gasteiger partial charge < -0.3 is 9.80 Å². The van der Waals surface area contributed by atoms with Crippen molar-refractivity contribution >= 4 is 24.0 Å². The van der Waals surface area contributed by atoms with Crippen LogP contribution in [0.2, 0.25) is 0 Å². The average molecular weight is 264 g/mol. The summed E-state index contributed by atoms with van der Waals surface area (Å²) in [7, 11) is 2.18. The lowest BCUT2D eigenvalue weighted by molar-refractivity contribution is 0.517. The SMILES string of the molecule is CCCC(CS)CN1CCN(C)c2ccccc21. The molecule has 0 fully saturated rings. The van der Waals surface area contributed by atoms with Crippen molar-refractivity contribution in [3.63, 3.8) is 0 Å². The predicted octanol–water partition coefficient (Wildman–Crippen LogP) is 3.29. The molecule has 1 aliphatic heterocycles. The molecule has 1 aliphatic rings. The van der Waals surface area contributed by atoms with Gasteiger partial charge in [-0.1, -0.05) is 25.5 Å². The zero-order chi connectivity index (χ0) is 13.0. The first-order valence-electron chi connectivity index (χ1n) is 6.92. The van der Waals surface area contributed by atoms with Crippen LogP contribution in [0.1, 0.15) is 19.8 Å². The molecule has 0 saturated carbocycles. The number of nitrogens with zero attached hydrogens (tertiary/aromatic N) is 2. The van der Waals surface area contributed by atoms with E-state index in [0.717, 1.165) is 25.4 Å². The van der Waals surface area contributed by atoms with Crippen molar-refractivity contribution in [1.29, 1.82) is 0 Å². The Labute approximate surface area is 116 Å². The second-order valence-corrected chi connectivity index (χ2v) is 5.56. The molecule has 1 atom stereocenters. The number of fused-ring (bicyclic) bond motifs is 1. The lowest BCUT2D eigenvalue weighted by Gasteiger charge is -2.38. The van der Waals surface area contributed by atoms with E-state index in [9.17, 15) is 0 Å². The van der Waals surface area contributed by atoms with Gasteiger partial charge in [-0.2, -0.15) is 12.6 Å². The van der Waals surface area contributed by atoms with Crippen LogP contribution in [0.4, 0.5) is 11.4 Å². The highest BCUT2D eigenvalue weighted by molar-refractivity contribution is 7.80. The van der Waals surface area contributed by atoms with Crippen molar-refractivity contribution in [3.05, 3.63) is 24.3 Å². The molecule has 2 rings (SSSR count). The minimum absolute atomic E-state index is 0.704. The summed E-state index contributed by atoms with van der Waals surface area (Å²) < 4.78 is 0. The van der Waals surface area contributed by atoms with Crippen molar-refractivity contribution < 1.29 is 0 Å². The molecule has 0 bridgehead atoms. The topological polar surface area (TPSA) is 6.48 Å². The number of rotatable bonds is 5. The minimum atomic E-state index is 0.704. The molecule has 1 aromatic rings. The Bertz CT molecular complexity index is 381. The Morgan fingerprint density at radius 1 is 1.22 bits per heavy atom. The number of hydrogen-bond acceptors (Lipinski definition) is 3. The highest BCUT2D eigenvalue weighted by atomic mass is 32.1. The summed E-state index contributed by atoms with van der Waals surface area (Å²) in [5, 5.41) is 0. The van der Waals surface area contributed by atoms with E-state index in [0.29, 0.717) is 5.92 Å². The minimum Gasteiger partial charge on any atom is -0.371 e. The molecule has 1 aromatic carbocycles. The third-order valence-corrected chi connectivity index (χ3v) is 4.29. The highest BCUT2D eigenvalue weighted by Crippen LogP contribution is 2.32. The molecule has 0 amide bonds. The predicted molar refractivity (Wildman–Crippen MR) is 84.2 cm³/mol. The van der Waals surface area contributed by atoms with Gasteiger partial charge in [-0.05, 0) is 30.2 Å². The molecule has 0 saturated heterocycles. The summed E-state index contributed by atoms with van der Waals surface area (Å²) in [6.45, 7) is 5.64. The summed E-state index contributed by atoms with van der Waals surface area (Å²) >= 11 is 4.50. The van der Waals surface area contributed by atoms with Crippen LogP contribution in [0.5, 0.6) is 0 Å². The van der Waals surface area contributed by atoms with E-state index >= 15 is 0 Å². The van der Waals surface area contributed by atoms with Gasteiger partial charge in [0.1, 0.15) is 0 Å². The van der Waals surface area contributed by atoms with E-state index in [1.807, 2.05) is 0 Å². The van der Waals surface area contributed by atoms with Crippen LogP contribution in [-0.4, -0.2) is 32.4 Å². The fourth-order valence-corrected chi connectivity index (χ4v) is 3.01. The molecule has 0 radical (unpaired) electrons. The number of likely N-dealkylation sites (N-methyl/N-ethyl adjacent to an activating group) is 1. The van der Waals surface area contributed by atoms with Crippen LogP contribution in [0.15, 0.2) is 24.3 Å². The van der Waals surface area contributed by atoms with Crippen LogP contribution in [0.25, 0.3) is 0 Å². The van der Waals surface area contributed by atoms with Gasteiger partial charge in [-0.25, -0.2) is 0 Å². The second kappa shape index (κ2) is 6.37. The van der Waals surface area contributed by atoms with Gasteiger partial charge in [0, 0.05) is 26.7 Å². The van der Waals surface area contributed by atoms with Crippen LogP contribution in [0, 0.1) is 5.92 Å². The summed E-state index contributed by atoms with van der Waals surface area (Å²) in [6.07, 6.45) is 2.53. The lowest BCUT2D eigenvalue weighted by atomic mass is 10.0. The van der Waals surface area contributed by atoms with E-state index in [2.05, 4.69) is 60.7 Å². The number of hydrogen-bond donors (Lipinski definition) is 1. The fraction of sp³-hybridized carbons (Fsp3) is 0.600. The molecule has 0 aliphatic carbocycles. The Morgan fingerprint density at radius 3 is 2.61 bits per heavy atom. The van der Waals surface area contributed by atoms with Crippen molar-refractivity contribution in [2.75, 3.05) is 42.2 Å². The monoisotopic (exact) mass is 264 g/mol. The zero-order valence-electron chi connectivity index (χ0n) is 11.5. The largest absolute Gasteiger partial charge is 0.371 e. The summed E-state index contributed by atoms with van der Waals surface area (Å²) in [5.74, 6) is 1.69. The Morgan fingerprint density at radius 2 is 1.94 bits per heavy atom. The van der Waals surface area contributed by atoms with E-state index in [4.69, 9.17) is 0 Å². The van der Waals surface area contributed by atoms with Crippen molar-refractivity contribution in [2.45, 2.75) is 19.8 Å². The van der Waals surface area contributed by atoms with Gasteiger partial charge >= 0.3 is 0 Å². The molecule has 1 heterocycles. The van der Waals surface area contributed by atoms with Crippen LogP contribution < -0.4 is 9.80 Å². The molecular formula is C15H24N2S. The van der Waals surface area contributed by atoms with Gasteiger partial charge in [-0.3, -0.25) is 0 Å². The Kier molecular flexibility index (Phi) is 4.81. The van der Waals surface area contributed by atoms with E-state index in [1.165, 1.54) is 24.2 Å². The van der Waals surface area contributed by atoms with Crippen LogP contribution >= 0.6 is 12.6 Å². The molecule has 2 nitrogen and oxygen atoms in total. The molecule has 3 heteroatoms. The summed E-state index contributed by atoms with van der Waals surface area (Å²) in [6, 6.07) is 8.73. The third-order valence-electron chi connectivity index (χ3n) is 3.77. The molecule has 18 heavy (non-hydrogen) atoms. The highest BCUT2D eigenvalue weighted by Gasteiger charge is 2.21. The maximum Gasteiger partial charge on any atom is 0.0604 e. The standard InChI is InChI=1S/C15H24N2S/c1-3-6-13(12-18)11-17-10-9-16(2)14-7-4-5-8-15(14)17/h4-5,7-8,13,18H,3,6,9-12H2,1-2H3. The first-order chi connectivity index (χ1) is 8.76. The molecule has 0 N–H and O–H groups in total. The average Bonchev–Trinajstić information content (AvgIpc) is 2.41. The maximum atomic E-state index is 4.50. The first kappa shape index (κ1) is 13.6. The number of para-hydroxylation sites is 2. The molecular weight excluding hydrogens is 240 g/mol. The van der Waals surface area contributed by atoms with Gasteiger partial charge in [0.25, 0.3) is 0 Å². The number of thiol groups is 1. The number of benzene rings is 1. The normalized spacial score (nSPS) is 16.6. The van der Waals surface area contributed by atoms with Gasteiger partial charge in [0.05, 0.1) is 11.4 Å². The van der Waals surface area contributed by atoms with Gasteiger partial charge in [-0.15, -0.1) is 0 Å². The summed E-state index contributed by atoms with van der Waals surface area (Å²) in [4.78, 5) is 4.88. The smallest absolute Gasteiger partial charge is 0.0604 e.